The Morgan fingerprint density at radius 1 is 0.972 bits per heavy atom. The van der Waals surface area contributed by atoms with Gasteiger partial charge in [0.2, 0.25) is 0 Å². The lowest BCUT2D eigenvalue weighted by molar-refractivity contribution is -0.119. The number of anilines is 1. The molecule has 0 atom stereocenters. The summed E-state index contributed by atoms with van der Waals surface area (Å²) in [6.45, 7) is 1.74. The number of ether oxygens (including phenoxy) is 1. The van der Waals surface area contributed by atoms with Crippen LogP contribution in [0, 0.1) is 0 Å². The lowest BCUT2D eigenvalue weighted by Crippen LogP contribution is -2.32. The fourth-order valence-electron chi connectivity index (χ4n) is 4.48. The molecule has 4 aromatic rings. The quantitative estimate of drug-likeness (QED) is 0.321. The summed E-state index contributed by atoms with van der Waals surface area (Å²) in [7, 11) is 0. The first-order valence-electron chi connectivity index (χ1n) is 11.6. The van der Waals surface area contributed by atoms with Gasteiger partial charge in [-0.3, -0.25) is 14.7 Å². The smallest absolute Gasteiger partial charge is 0.339 e. The van der Waals surface area contributed by atoms with Gasteiger partial charge < -0.3 is 10.1 Å². The number of rotatable bonds is 6. The van der Waals surface area contributed by atoms with Crippen molar-refractivity contribution in [3.63, 3.8) is 0 Å². The average molecular weight is 520 g/mol. The molecule has 6 nitrogen and oxygen atoms in total. The van der Waals surface area contributed by atoms with Crippen LogP contribution in [0.2, 0.25) is 10.0 Å². The van der Waals surface area contributed by atoms with Gasteiger partial charge in [-0.25, -0.2) is 4.79 Å². The Kier molecular flexibility index (Phi) is 7.18. The standard InChI is InChI=1S/C28H23Cl2N3O3/c29-19-12-20(30)14-21(13-19)31-26(34)17-36-28(35)27-22-8-4-5-9-24(22)32-25-10-11-33(16-23(25)27)15-18-6-2-1-3-7-18/h1-9,12-14H,10-11,15-17H2,(H,31,34). The van der Waals surface area contributed by atoms with Crippen molar-refractivity contribution in [1.82, 2.24) is 9.88 Å². The Bertz CT molecular complexity index is 1420. The number of hydrogen-bond donors (Lipinski definition) is 1. The Labute approximate surface area is 218 Å². The number of carbonyl (C=O) groups excluding carboxylic acids is 2. The van der Waals surface area contributed by atoms with Crippen LogP contribution in [0.3, 0.4) is 0 Å². The maximum atomic E-state index is 13.4. The number of amides is 1. The summed E-state index contributed by atoms with van der Waals surface area (Å²) in [5, 5.41) is 4.16. The van der Waals surface area contributed by atoms with E-state index in [0.717, 1.165) is 36.3 Å². The lowest BCUT2D eigenvalue weighted by Gasteiger charge is -2.30. The number of hydrogen-bond acceptors (Lipinski definition) is 5. The Morgan fingerprint density at radius 2 is 1.69 bits per heavy atom. The van der Waals surface area contributed by atoms with Crippen molar-refractivity contribution in [3.05, 3.63) is 105 Å². The monoisotopic (exact) mass is 519 g/mol. The highest BCUT2D eigenvalue weighted by Crippen LogP contribution is 2.29. The normalized spacial score (nSPS) is 13.3. The van der Waals surface area contributed by atoms with Gasteiger partial charge in [-0.2, -0.15) is 0 Å². The minimum absolute atomic E-state index is 0.393. The van der Waals surface area contributed by atoms with E-state index < -0.39 is 18.5 Å². The van der Waals surface area contributed by atoms with Crippen LogP contribution in [0.25, 0.3) is 10.9 Å². The number of nitrogens with zero attached hydrogens (tertiary/aromatic N) is 2. The number of aromatic nitrogens is 1. The van der Waals surface area contributed by atoms with Crippen molar-refractivity contribution in [1.29, 1.82) is 0 Å². The molecule has 8 heteroatoms. The van der Waals surface area contributed by atoms with Crippen LogP contribution in [0.4, 0.5) is 5.69 Å². The molecule has 36 heavy (non-hydrogen) atoms. The zero-order valence-corrected chi connectivity index (χ0v) is 20.9. The maximum Gasteiger partial charge on any atom is 0.339 e. The SMILES string of the molecule is O=C(COC(=O)c1c2c(nc3ccccc13)CCN(Cc1ccccc1)C2)Nc1cc(Cl)cc(Cl)c1. The van der Waals surface area contributed by atoms with Crippen LogP contribution >= 0.6 is 23.2 Å². The molecule has 182 valence electrons. The number of fused-ring (bicyclic) bond motifs is 2. The van der Waals surface area contributed by atoms with E-state index in [9.17, 15) is 9.59 Å². The van der Waals surface area contributed by atoms with E-state index in [4.69, 9.17) is 32.9 Å². The zero-order valence-electron chi connectivity index (χ0n) is 19.3. The third kappa shape index (κ3) is 5.51. The number of para-hydroxylation sites is 1. The lowest BCUT2D eigenvalue weighted by atomic mass is 9.95. The van der Waals surface area contributed by atoms with Crippen molar-refractivity contribution in [2.75, 3.05) is 18.5 Å². The third-order valence-electron chi connectivity index (χ3n) is 6.06. The number of carbonyl (C=O) groups is 2. The van der Waals surface area contributed by atoms with Crippen LogP contribution < -0.4 is 5.32 Å². The van der Waals surface area contributed by atoms with Crippen molar-refractivity contribution in [2.45, 2.75) is 19.5 Å². The first kappa shape index (κ1) is 24.3. The summed E-state index contributed by atoms with van der Waals surface area (Å²) in [6.07, 6.45) is 0.725. The summed E-state index contributed by atoms with van der Waals surface area (Å²) in [5.74, 6) is -1.04. The minimum Gasteiger partial charge on any atom is -0.452 e. The summed E-state index contributed by atoms with van der Waals surface area (Å²) >= 11 is 12.0. The van der Waals surface area contributed by atoms with Crippen molar-refractivity contribution in [2.24, 2.45) is 0 Å². The molecule has 2 heterocycles. The van der Waals surface area contributed by atoms with Gasteiger partial charge in [0.05, 0.1) is 11.1 Å². The molecular weight excluding hydrogens is 497 g/mol. The second-order valence-corrected chi connectivity index (χ2v) is 9.53. The molecule has 0 bridgehead atoms. The van der Waals surface area contributed by atoms with Crippen LogP contribution in [0.15, 0.2) is 72.8 Å². The van der Waals surface area contributed by atoms with Crippen molar-refractivity contribution >= 4 is 51.7 Å². The molecule has 0 spiro atoms. The maximum absolute atomic E-state index is 13.4. The first-order valence-corrected chi connectivity index (χ1v) is 12.3. The zero-order chi connectivity index (χ0) is 25.1. The summed E-state index contributed by atoms with van der Waals surface area (Å²) < 4.78 is 5.49. The van der Waals surface area contributed by atoms with Gasteiger partial charge in [0.15, 0.2) is 6.61 Å². The molecule has 0 saturated carbocycles. The fraction of sp³-hybridized carbons (Fsp3) is 0.179. The summed E-state index contributed by atoms with van der Waals surface area (Å²) in [5.41, 5.74) is 4.57. The van der Waals surface area contributed by atoms with Gasteiger partial charge in [0, 0.05) is 58.4 Å². The number of halogens is 2. The molecule has 1 aliphatic rings. The van der Waals surface area contributed by atoms with Crippen LogP contribution in [0.1, 0.15) is 27.2 Å². The highest BCUT2D eigenvalue weighted by Gasteiger charge is 2.27. The molecule has 0 unspecified atom stereocenters. The molecule has 1 amide bonds. The molecule has 0 radical (unpaired) electrons. The molecular formula is C28H23Cl2N3O3. The van der Waals surface area contributed by atoms with E-state index in [0.29, 0.717) is 33.2 Å². The largest absolute Gasteiger partial charge is 0.452 e. The van der Waals surface area contributed by atoms with Gasteiger partial charge in [-0.1, -0.05) is 71.7 Å². The summed E-state index contributed by atoms with van der Waals surface area (Å²) in [4.78, 5) is 33.0. The number of benzene rings is 3. The predicted octanol–water partition coefficient (Wildman–Crippen LogP) is 5.90. The van der Waals surface area contributed by atoms with Crippen LogP contribution in [0.5, 0.6) is 0 Å². The minimum atomic E-state index is -0.550. The molecule has 0 saturated heterocycles. The van der Waals surface area contributed by atoms with Crippen LogP contribution in [-0.4, -0.2) is 34.9 Å². The third-order valence-corrected chi connectivity index (χ3v) is 6.50. The molecule has 1 aromatic heterocycles. The van der Waals surface area contributed by atoms with E-state index >= 15 is 0 Å². The van der Waals surface area contributed by atoms with Gasteiger partial charge >= 0.3 is 5.97 Å². The van der Waals surface area contributed by atoms with E-state index in [2.05, 4.69) is 22.3 Å². The van der Waals surface area contributed by atoms with Gasteiger partial charge in [0.25, 0.3) is 5.91 Å². The Hall–Kier alpha value is -3.45. The number of pyridine rings is 1. The average Bonchev–Trinajstić information content (AvgIpc) is 2.86. The van der Waals surface area contributed by atoms with Crippen molar-refractivity contribution in [3.8, 4) is 0 Å². The Balaban J connectivity index is 1.37. The van der Waals surface area contributed by atoms with Gasteiger partial charge in [-0.15, -0.1) is 0 Å². The number of esters is 1. The van der Waals surface area contributed by atoms with E-state index in [1.807, 2.05) is 42.5 Å². The molecule has 1 N–H and O–H groups in total. The van der Waals surface area contributed by atoms with Crippen molar-refractivity contribution < 1.29 is 14.3 Å². The van der Waals surface area contributed by atoms with Gasteiger partial charge in [0.1, 0.15) is 0 Å². The fourth-order valence-corrected chi connectivity index (χ4v) is 5.01. The van der Waals surface area contributed by atoms with E-state index in [-0.39, 0.29) is 0 Å². The van der Waals surface area contributed by atoms with Crippen LogP contribution in [-0.2, 0) is 29.0 Å². The second-order valence-electron chi connectivity index (χ2n) is 8.66. The topological polar surface area (TPSA) is 71.5 Å². The molecule has 0 fully saturated rings. The first-order chi connectivity index (χ1) is 17.5. The summed E-state index contributed by atoms with van der Waals surface area (Å²) in [6, 6.07) is 22.4. The number of nitrogens with one attached hydrogen (secondary N) is 1. The second kappa shape index (κ2) is 10.7. The molecule has 3 aromatic carbocycles. The van der Waals surface area contributed by atoms with E-state index in [1.165, 1.54) is 5.56 Å². The van der Waals surface area contributed by atoms with Gasteiger partial charge in [-0.05, 0) is 29.8 Å². The molecule has 5 rings (SSSR count). The predicted molar refractivity (Wildman–Crippen MR) is 141 cm³/mol. The van der Waals surface area contributed by atoms with E-state index in [1.54, 1.807) is 18.2 Å². The highest BCUT2D eigenvalue weighted by molar-refractivity contribution is 6.35. The molecule has 1 aliphatic heterocycles. The molecule has 0 aliphatic carbocycles. The highest BCUT2D eigenvalue weighted by atomic mass is 35.5. The Morgan fingerprint density at radius 3 is 2.47 bits per heavy atom.